The number of ether oxygens (including phenoxy) is 1. The molecule has 9 nitrogen and oxygen atoms in total. The van der Waals surface area contributed by atoms with E-state index in [1.54, 1.807) is 12.1 Å². The maximum Gasteiger partial charge on any atom is 0.253 e. The number of rotatable bonds is 6. The van der Waals surface area contributed by atoms with Crippen LogP contribution in [0.3, 0.4) is 0 Å². The highest BCUT2D eigenvalue weighted by Gasteiger charge is 2.40. The summed E-state index contributed by atoms with van der Waals surface area (Å²) in [6, 6.07) is 15.1. The summed E-state index contributed by atoms with van der Waals surface area (Å²) in [6.45, 7) is 8.69. The molecule has 0 spiro atoms. The van der Waals surface area contributed by atoms with Crippen molar-refractivity contribution in [3.05, 3.63) is 72.1 Å². The summed E-state index contributed by atoms with van der Waals surface area (Å²) >= 11 is 0. The molecule has 38 heavy (non-hydrogen) atoms. The van der Waals surface area contributed by atoms with Gasteiger partial charge in [0.2, 0.25) is 15.7 Å². The number of benzene rings is 1. The van der Waals surface area contributed by atoms with E-state index in [9.17, 15) is 13.2 Å². The molecule has 0 aliphatic carbocycles. The third-order valence-electron chi connectivity index (χ3n) is 6.77. The summed E-state index contributed by atoms with van der Waals surface area (Å²) in [7, 11) is -4.26. The summed E-state index contributed by atoms with van der Waals surface area (Å²) in [5.74, 6) is 0.258. The number of hydrogen-bond acceptors (Lipinski definition) is 8. The van der Waals surface area contributed by atoms with Gasteiger partial charge in [-0.15, -0.1) is 0 Å². The van der Waals surface area contributed by atoms with E-state index in [0.717, 1.165) is 17.5 Å². The number of anilines is 1. The summed E-state index contributed by atoms with van der Waals surface area (Å²) in [6.07, 6.45) is 2.26. The van der Waals surface area contributed by atoms with Crippen molar-refractivity contribution < 1.29 is 17.9 Å². The van der Waals surface area contributed by atoms with E-state index in [4.69, 9.17) is 10.5 Å². The van der Waals surface area contributed by atoms with E-state index in [-0.39, 0.29) is 32.7 Å². The van der Waals surface area contributed by atoms with Gasteiger partial charge < -0.3 is 15.4 Å². The van der Waals surface area contributed by atoms with Crippen LogP contribution in [-0.2, 0) is 9.84 Å². The number of carbonyl (C=O) groups excluding carboxylic acids is 1. The van der Waals surface area contributed by atoms with E-state index in [1.165, 1.54) is 24.4 Å². The second-order valence-electron chi connectivity index (χ2n) is 10.3. The van der Waals surface area contributed by atoms with E-state index in [2.05, 4.69) is 21.9 Å². The van der Waals surface area contributed by atoms with Gasteiger partial charge in [0.25, 0.3) is 5.91 Å². The molecule has 0 radical (unpaired) electrons. The van der Waals surface area contributed by atoms with Gasteiger partial charge in [0.1, 0.15) is 16.9 Å². The molecule has 1 unspecified atom stereocenters. The van der Waals surface area contributed by atoms with Crippen molar-refractivity contribution in [2.45, 2.75) is 49.6 Å². The highest BCUT2D eigenvalue weighted by molar-refractivity contribution is 7.91. The SMILES string of the molecule is Cc1ccc2cccc(Oc3cccc(S(=O)(=O)c4ccnc(N5CC(C)CC5(C)C)c4C(N)=O)n3)c2n1. The van der Waals surface area contributed by atoms with Crippen LogP contribution in [-0.4, -0.2) is 41.4 Å². The first-order valence-corrected chi connectivity index (χ1v) is 13.8. The number of aromatic nitrogens is 3. The number of nitrogens with two attached hydrogens (primary N) is 1. The molecule has 1 saturated heterocycles. The predicted molar refractivity (Wildman–Crippen MR) is 144 cm³/mol. The number of primary amides is 1. The number of para-hydroxylation sites is 1. The zero-order chi connectivity index (χ0) is 27.2. The van der Waals surface area contributed by atoms with Crippen LogP contribution in [0.25, 0.3) is 10.9 Å². The van der Waals surface area contributed by atoms with Crippen molar-refractivity contribution >= 4 is 32.5 Å². The first-order chi connectivity index (χ1) is 18.0. The second kappa shape index (κ2) is 9.36. The van der Waals surface area contributed by atoms with Crippen molar-refractivity contribution in [2.24, 2.45) is 11.7 Å². The maximum absolute atomic E-state index is 13.8. The molecule has 3 aromatic heterocycles. The summed E-state index contributed by atoms with van der Waals surface area (Å²) in [5.41, 5.74) is 6.75. The lowest BCUT2D eigenvalue weighted by Crippen LogP contribution is -2.40. The van der Waals surface area contributed by atoms with Crippen LogP contribution < -0.4 is 15.4 Å². The Kier molecular flexibility index (Phi) is 6.30. The highest BCUT2D eigenvalue weighted by atomic mass is 32.2. The highest BCUT2D eigenvalue weighted by Crippen LogP contribution is 2.39. The number of pyridine rings is 3. The zero-order valence-corrected chi connectivity index (χ0v) is 22.5. The Balaban J connectivity index is 1.57. The van der Waals surface area contributed by atoms with Gasteiger partial charge in [-0.3, -0.25) is 4.79 Å². The van der Waals surface area contributed by atoms with Gasteiger partial charge in [-0.2, -0.15) is 0 Å². The second-order valence-corrected chi connectivity index (χ2v) is 12.2. The summed E-state index contributed by atoms with van der Waals surface area (Å²) in [4.78, 5) is 27.6. The fourth-order valence-electron chi connectivity index (χ4n) is 5.18. The standard InChI is InChI=1S/C28H29N5O4S/c1-17-15-28(3,4)33(16-17)27-24(26(29)34)21(13-14-30-27)38(35,36)23-10-6-9-22(32-23)37-20-8-5-7-19-12-11-18(2)31-25(19)20/h5-14,17H,15-16H2,1-4H3,(H2,29,34). The first-order valence-electron chi connectivity index (χ1n) is 12.3. The van der Waals surface area contributed by atoms with Crippen LogP contribution in [0, 0.1) is 12.8 Å². The molecule has 196 valence electrons. The number of sulfone groups is 1. The Morgan fingerprint density at radius 1 is 1.08 bits per heavy atom. The number of carbonyl (C=O) groups is 1. The summed E-state index contributed by atoms with van der Waals surface area (Å²) < 4.78 is 33.6. The zero-order valence-electron chi connectivity index (χ0n) is 21.7. The molecule has 4 heterocycles. The maximum atomic E-state index is 13.8. The van der Waals surface area contributed by atoms with Crippen molar-refractivity contribution in [1.82, 2.24) is 15.0 Å². The molecule has 1 aliphatic rings. The smallest absolute Gasteiger partial charge is 0.253 e. The average Bonchev–Trinajstić information content (AvgIpc) is 3.15. The molecule has 1 amide bonds. The van der Waals surface area contributed by atoms with Gasteiger partial charge in [0.05, 0.1) is 4.90 Å². The Bertz CT molecular complexity index is 1670. The van der Waals surface area contributed by atoms with Crippen LogP contribution in [0.4, 0.5) is 5.82 Å². The van der Waals surface area contributed by atoms with Crippen LogP contribution in [0.2, 0.25) is 0 Å². The molecule has 1 aromatic carbocycles. The molecule has 1 atom stereocenters. The van der Waals surface area contributed by atoms with E-state index in [1.807, 2.05) is 49.9 Å². The van der Waals surface area contributed by atoms with E-state index in [0.29, 0.717) is 23.7 Å². The largest absolute Gasteiger partial charge is 0.437 e. The number of aryl methyl sites for hydroxylation is 1. The molecule has 4 aromatic rings. The van der Waals surface area contributed by atoms with Crippen LogP contribution >= 0.6 is 0 Å². The minimum absolute atomic E-state index is 0.0753. The topological polar surface area (TPSA) is 128 Å². The van der Waals surface area contributed by atoms with Gasteiger partial charge in [-0.25, -0.2) is 23.4 Å². The fraction of sp³-hybridized carbons (Fsp3) is 0.286. The van der Waals surface area contributed by atoms with E-state index < -0.39 is 15.7 Å². The summed E-state index contributed by atoms with van der Waals surface area (Å²) in [5, 5.41) is 0.611. The average molecular weight is 532 g/mol. The first kappa shape index (κ1) is 25.6. The molecule has 0 saturated carbocycles. The number of nitrogens with zero attached hydrogens (tertiary/aromatic N) is 4. The van der Waals surface area contributed by atoms with Crippen LogP contribution in [0.5, 0.6) is 11.6 Å². The Hall–Kier alpha value is -4.05. The minimum Gasteiger partial charge on any atom is -0.437 e. The normalized spacial score (nSPS) is 17.1. The lowest BCUT2D eigenvalue weighted by Gasteiger charge is -2.33. The number of hydrogen-bond donors (Lipinski definition) is 1. The number of fused-ring (bicyclic) bond motifs is 1. The Morgan fingerprint density at radius 3 is 2.55 bits per heavy atom. The molecule has 2 N–H and O–H groups in total. The quantitative estimate of drug-likeness (QED) is 0.380. The molecule has 1 aliphatic heterocycles. The van der Waals surface area contributed by atoms with Gasteiger partial charge >= 0.3 is 0 Å². The molecule has 1 fully saturated rings. The number of amides is 1. The third kappa shape index (κ3) is 4.56. The van der Waals surface area contributed by atoms with Gasteiger partial charge in [-0.05, 0) is 57.4 Å². The third-order valence-corrected chi connectivity index (χ3v) is 8.46. The predicted octanol–water partition coefficient (Wildman–Crippen LogP) is 4.68. The van der Waals surface area contributed by atoms with Crippen molar-refractivity contribution in [2.75, 3.05) is 11.4 Å². The Labute approximate surface area is 221 Å². The van der Waals surface area contributed by atoms with Gasteiger partial charge in [-0.1, -0.05) is 31.2 Å². The Morgan fingerprint density at radius 2 is 1.84 bits per heavy atom. The molecule has 10 heteroatoms. The minimum atomic E-state index is -4.26. The molecule has 0 bridgehead atoms. The van der Waals surface area contributed by atoms with Gasteiger partial charge in [0.15, 0.2) is 10.8 Å². The molecular weight excluding hydrogens is 502 g/mol. The fourth-order valence-corrected chi connectivity index (χ4v) is 6.57. The lowest BCUT2D eigenvalue weighted by molar-refractivity contribution is 0.0997. The van der Waals surface area contributed by atoms with Gasteiger partial charge in [0, 0.05) is 35.4 Å². The van der Waals surface area contributed by atoms with Crippen molar-refractivity contribution in [3.63, 3.8) is 0 Å². The monoisotopic (exact) mass is 531 g/mol. The van der Waals surface area contributed by atoms with Crippen molar-refractivity contribution in [3.8, 4) is 11.6 Å². The lowest BCUT2D eigenvalue weighted by atomic mass is 9.97. The molecular formula is C28H29N5O4S. The van der Waals surface area contributed by atoms with Crippen molar-refractivity contribution in [1.29, 1.82) is 0 Å². The van der Waals surface area contributed by atoms with Crippen LogP contribution in [0.15, 0.2) is 70.7 Å². The molecule has 5 rings (SSSR count). The van der Waals surface area contributed by atoms with Crippen LogP contribution in [0.1, 0.15) is 43.2 Å². The van der Waals surface area contributed by atoms with E-state index >= 15 is 0 Å².